The minimum atomic E-state index is 0.670. The van der Waals surface area contributed by atoms with E-state index in [9.17, 15) is 0 Å². The summed E-state index contributed by atoms with van der Waals surface area (Å²) in [6.07, 6.45) is 0. The van der Waals surface area contributed by atoms with Gasteiger partial charge >= 0.3 is 0 Å². The Hall–Kier alpha value is -0.720. The summed E-state index contributed by atoms with van der Waals surface area (Å²) < 4.78 is 0. The highest BCUT2D eigenvalue weighted by Gasteiger charge is 2.11. The molecular weight excluding hydrogens is 246 g/mol. The van der Waals surface area contributed by atoms with Crippen LogP contribution in [0.4, 0.5) is 5.13 Å². The quantitative estimate of drug-likeness (QED) is 0.778. The van der Waals surface area contributed by atoms with Crippen molar-refractivity contribution in [1.82, 2.24) is 20.0 Å². The molecule has 0 radical (unpaired) electrons. The Morgan fingerprint density at radius 3 is 2.44 bits per heavy atom. The average molecular weight is 271 g/mol. The van der Waals surface area contributed by atoms with Gasteiger partial charge in [0.1, 0.15) is 5.01 Å². The van der Waals surface area contributed by atoms with Gasteiger partial charge < -0.3 is 10.2 Å². The van der Waals surface area contributed by atoms with Gasteiger partial charge in [0.05, 0.1) is 6.54 Å². The second kappa shape index (κ2) is 7.66. The minimum absolute atomic E-state index is 0.670. The number of hydrogen-bond acceptors (Lipinski definition) is 6. The van der Waals surface area contributed by atoms with Crippen LogP contribution in [0.25, 0.3) is 0 Å². The van der Waals surface area contributed by atoms with Crippen LogP contribution in [-0.4, -0.2) is 60.8 Å². The molecule has 0 aliphatic carbocycles. The van der Waals surface area contributed by atoms with Crippen LogP contribution < -0.4 is 5.32 Å². The number of likely N-dealkylation sites (N-methyl/N-ethyl adjacent to an activating group) is 1. The lowest BCUT2D eigenvalue weighted by atomic mass is 10.2. The molecule has 1 aromatic heterocycles. The Bertz CT molecular complexity index is 337. The summed E-state index contributed by atoms with van der Waals surface area (Å²) >= 11 is 1.63. The summed E-state index contributed by atoms with van der Waals surface area (Å²) in [5.74, 6) is 0.670. The first-order valence-electron chi connectivity index (χ1n) is 6.38. The molecule has 6 heteroatoms. The first-order valence-corrected chi connectivity index (χ1v) is 7.20. The average Bonchev–Trinajstić information content (AvgIpc) is 2.73. The van der Waals surface area contributed by atoms with Gasteiger partial charge in [-0.3, -0.25) is 4.90 Å². The third-order valence-corrected chi connectivity index (χ3v) is 3.45. The number of hydrogen-bond donors (Lipinski definition) is 1. The summed E-state index contributed by atoms with van der Waals surface area (Å²) in [6, 6.07) is 0. The van der Waals surface area contributed by atoms with Gasteiger partial charge in [0.2, 0.25) is 5.13 Å². The van der Waals surface area contributed by atoms with Gasteiger partial charge in [-0.2, -0.15) is 0 Å². The Balaban J connectivity index is 2.53. The fourth-order valence-corrected chi connectivity index (χ4v) is 2.44. The van der Waals surface area contributed by atoms with Gasteiger partial charge in [0, 0.05) is 26.7 Å². The molecule has 0 bridgehead atoms. The number of rotatable bonds is 8. The molecule has 0 aliphatic rings. The highest BCUT2D eigenvalue weighted by molar-refractivity contribution is 7.15. The molecule has 0 saturated carbocycles. The van der Waals surface area contributed by atoms with Crippen molar-refractivity contribution < 1.29 is 0 Å². The van der Waals surface area contributed by atoms with E-state index < -0.39 is 0 Å². The van der Waals surface area contributed by atoms with Crippen molar-refractivity contribution in [2.75, 3.05) is 46.1 Å². The van der Waals surface area contributed by atoms with E-state index in [-0.39, 0.29) is 0 Å². The van der Waals surface area contributed by atoms with Crippen molar-refractivity contribution in [1.29, 1.82) is 0 Å². The smallest absolute Gasteiger partial charge is 0.205 e. The van der Waals surface area contributed by atoms with Gasteiger partial charge in [0.15, 0.2) is 0 Å². The van der Waals surface area contributed by atoms with E-state index in [1.165, 1.54) is 0 Å². The van der Waals surface area contributed by atoms with Gasteiger partial charge in [-0.15, -0.1) is 10.2 Å². The summed E-state index contributed by atoms with van der Waals surface area (Å²) in [6.45, 7) is 8.64. The van der Waals surface area contributed by atoms with Crippen LogP contribution in [0.5, 0.6) is 0 Å². The molecule has 0 spiro atoms. The highest BCUT2D eigenvalue weighted by atomic mass is 32.1. The van der Waals surface area contributed by atoms with E-state index in [0.717, 1.165) is 36.3 Å². The topological polar surface area (TPSA) is 44.3 Å². The molecule has 0 aliphatic heterocycles. The molecule has 0 amide bonds. The summed E-state index contributed by atoms with van der Waals surface area (Å²) in [7, 11) is 6.09. The number of anilines is 1. The van der Waals surface area contributed by atoms with Crippen molar-refractivity contribution in [3.05, 3.63) is 5.01 Å². The lowest BCUT2D eigenvalue weighted by molar-refractivity contribution is 0.211. The zero-order chi connectivity index (χ0) is 13.5. The van der Waals surface area contributed by atoms with Crippen LogP contribution in [0.2, 0.25) is 0 Å². The standard InChI is InChI=1S/C12H25N5S/c1-10(2)8-17(7-6-16(4)5)9-11-14-15-12(13-3)18-11/h10H,6-9H2,1-5H3,(H,13,15). The number of nitrogens with one attached hydrogen (secondary N) is 1. The highest BCUT2D eigenvalue weighted by Crippen LogP contribution is 2.16. The Kier molecular flexibility index (Phi) is 6.52. The van der Waals surface area contributed by atoms with Crippen molar-refractivity contribution in [3.63, 3.8) is 0 Å². The van der Waals surface area contributed by atoms with E-state index in [2.05, 4.69) is 53.3 Å². The van der Waals surface area contributed by atoms with E-state index in [0.29, 0.717) is 5.92 Å². The first kappa shape index (κ1) is 15.3. The van der Waals surface area contributed by atoms with E-state index in [1.807, 2.05) is 7.05 Å². The zero-order valence-corrected chi connectivity index (χ0v) is 12.9. The van der Waals surface area contributed by atoms with Gasteiger partial charge in [-0.25, -0.2) is 0 Å². The van der Waals surface area contributed by atoms with Crippen molar-refractivity contribution in [2.45, 2.75) is 20.4 Å². The summed E-state index contributed by atoms with van der Waals surface area (Å²) in [5, 5.41) is 13.3. The Labute approximate surface area is 114 Å². The normalized spacial score (nSPS) is 11.8. The third-order valence-electron chi connectivity index (χ3n) is 2.53. The molecule has 0 aromatic carbocycles. The number of nitrogens with zero attached hydrogens (tertiary/aromatic N) is 4. The fourth-order valence-electron chi connectivity index (χ4n) is 1.70. The Morgan fingerprint density at radius 2 is 1.94 bits per heavy atom. The van der Waals surface area contributed by atoms with Gasteiger partial charge in [0.25, 0.3) is 0 Å². The van der Waals surface area contributed by atoms with Crippen LogP contribution in [0.15, 0.2) is 0 Å². The van der Waals surface area contributed by atoms with E-state index in [4.69, 9.17) is 0 Å². The second-order valence-corrected chi connectivity index (χ2v) is 6.25. The first-order chi connectivity index (χ1) is 8.51. The van der Waals surface area contributed by atoms with Crippen LogP contribution >= 0.6 is 11.3 Å². The van der Waals surface area contributed by atoms with Gasteiger partial charge in [-0.05, 0) is 20.0 Å². The molecule has 1 aromatic rings. The largest absolute Gasteiger partial charge is 0.363 e. The summed E-state index contributed by atoms with van der Waals surface area (Å²) in [4.78, 5) is 4.66. The van der Waals surface area contributed by atoms with Crippen LogP contribution in [0, 0.1) is 5.92 Å². The Morgan fingerprint density at radius 1 is 1.22 bits per heavy atom. The van der Waals surface area contributed by atoms with Crippen molar-refractivity contribution >= 4 is 16.5 Å². The monoisotopic (exact) mass is 271 g/mol. The predicted octanol–water partition coefficient (Wildman–Crippen LogP) is 1.60. The maximum absolute atomic E-state index is 4.21. The summed E-state index contributed by atoms with van der Waals surface area (Å²) in [5.41, 5.74) is 0. The predicted molar refractivity (Wildman–Crippen MR) is 78.1 cm³/mol. The van der Waals surface area contributed by atoms with E-state index >= 15 is 0 Å². The molecule has 1 heterocycles. The molecule has 0 atom stereocenters. The van der Waals surface area contributed by atoms with Crippen molar-refractivity contribution in [3.8, 4) is 0 Å². The van der Waals surface area contributed by atoms with E-state index in [1.54, 1.807) is 11.3 Å². The lowest BCUT2D eigenvalue weighted by Crippen LogP contribution is -2.33. The molecule has 1 rings (SSSR count). The fraction of sp³-hybridized carbons (Fsp3) is 0.833. The van der Waals surface area contributed by atoms with Crippen LogP contribution in [0.3, 0.4) is 0 Å². The molecular formula is C12H25N5S. The molecule has 18 heavy (non-hydrogen) atoms. The molecule has 5 nitrogen and oxygen atoms in total. The zero-order valence-electron chi connectivity index (χ0n) is 12.1. The maximum atomic E-state index is 4.21. The molecule has 0 unspecified atom stereocenters. The van der Waals surface area contributed by atoms with Gasteiger partial charge in [-0.1, -0.05) is 25.2 Å². The molecule has 1 N–H and O–H groups in total. The minimum Gasteiger partial charge on any atom is -0.363 e. The molecule has 0 fully saturated rings. The molecule has 0 saturated heterocycles. The SMILES string of the molecule is CNc1nnc(CN(CCN(C)C)CC(C)C)s1. The maximum Gasteiger partial charge on any atom is 0.205 e. The molecule has 104 valence electrons. The second-order valence-electron chi connectivity index (χ2n) is 5.18. The lowest BCUT2D eigenvalue weighted by Gasteiger charge is -2.24. The van der Waals surface area contributed by atoms with Crippen LogP contribution in [0.1, 0.15) is 18.9 Å². The third kappa shape index (κ3) is 5.75. The number of aromatic nitrogens is 2. The van der Waals surface area contributed by atoms with Crippen molar-refractivity contribution in [2.24, 2.45) is 5.92 Å². The van der Waals surface area contributed by atoms with Crippen LogP contribution in [-0.2, 0) is 6.54 Å².